The highest BCUT2D eigenvalue weighted by molar-refractivity contribution is 5.40. The normalized spacial score (nSPS) is 11.8. The molecule has 0 heteroatoms. The monoisotopic (exact) mass is 1280 g/mol. The molecular weight excluding hydrogens is 1110 g/mol. The molecule has 0 unspecified atom stereocenters. The summed E-state index contributed by atoms with van der Waals surface area (Å²) in [6.45, 7) is 9.38. The molecule has 1 rings (SSSR count). The van der Waals surface area contributed by atoms with Crippen molar-refractivity contribution in [3.63, 3.8) is 0 Å². The van der Waals surface area contributed by atoms with E-state index in [4.69, 9.17) is 0 Å². The highest BCUT2D eigenvalue weighted by atomic mass is 14.2. The van der Waals surface area contributed by atoms with Crippen LogP contribution < -0.4 is 0 Å². The maximum atomic E-state index is 2.68. The fourth-order valence-electron chi connectivity index (χ4n) is 15.7. The summed E-state index contributed by atoms with van der Waals surface area (Å²) in [7, 11) is 0. The standard InChI is InChI=1S/C92H178/c1-5-9-12-15-18-21-24-27-30-33-36-39-42-45-48-51-54-57-60-63-66-69-72-75-78-81-84-90-87-89(8-4)88-91(85-82-79-76-73-70-67-64-61-58-55-52-49-46-43-40-37-34-31-28-25-22-19-16-13-10-6-2)92(90)86-83-80-77-74-71-68-65-62-59-56-53-50-47-44-41-38-35-32-29-26-23-20-17-14-11-7-3/h87-88H,5-86H2,1-4H3. The molecule has 0 spiro atoms. The quantitative estimate of drug-likeness (QED) is 0.0570. The minimum Gasteiger partial charge on any atom is -0.0654 e. The Morgan fingerprint density at radius 1 is 0.141 bits per heavy atom. The summed E-state index contributed by atoms with van der Waals surface area (Å²) in [6, 6.07) is 5.36. The number of unbranched alkanes of at least 4 members (excludes halogenated alkanes) is 75. The van der Waals surface area contributed by atoms with Crippen molar-refractivity contribution in [2.45, 2.75) is 554 Å². The molecule has 92 heavy (non-hydrogen) atoms. The van der Waals surface area contributed by atoms with Crippen LogP contribution in [0.1, 0.15) is 551 Å². The van der Waals surface area contributed by atoms with Gasteiger partial charge < -0.3 is 0 Å². The van der Waals surface area contributed by atoms with Crippen molar-refractivity contribution in [2.24, 2.45) is 0 Å². The van der Waals surface area contributed by atoms with Gasteiger partial charge in [0.1, 0.15) is 0 Å². The zero-order valence-electron chi connectivity index (χ0n) is 65.1. The molecule has 1 aromatic rings. The number of benzene rings is 1. The van der Waals surface area contributed by atoms with Crippen LogP contribution in [0.3, 0.4) is 0 Å². The van der Waals surface area contributed by atoms with E-state index in [-0.39, 0.29) is 0 Å². The maximum Gasteiger partial charge on any atom is -0.0273 e. The molecule has 1 aromatic carbocycles. The van der Waals surface area contributed by atoms with E-state index in [1.807, 2.05) is 5.56 Å². The van der Waals surface area contributed by atoms with E-state index in [1.54, 1.807) is 16.7 Å². The summed E-state index contributed by atoms with van der Waals surface area (Å²) >= 11 is 0. The lowest BCUT2D eigenvalue weighted by atomic mass is 9.87. The van der Waals surface area contributed by atoms with Crippen LogP contribution >= 0.6 is 0 Å². The van der Waals surface area contributed by atoms with Gasteiger partial charge in [0.05, 0.1) is 0 Å². The minimum atomic E-state index is 1.19. The molecule has 546 valence electrons. The van der Waals surface area contributed by atoms with Crippen molar-refractivity contribution in [1.29, 1.82) is 0 Å². The second-order valence-electron chi connectivity index (χ2n) is 31.5. The third-order valence-electron chi connectivity index (χ3n) is 22.3. The van der Waals surface area contributed by atoms with Crippen LogP contribution in [-0.2, 0) is 25.7 Å². The average molecular weight is 1280 g/mol. The van der Waals surface area contributed by atoms with Crippen LogP contribution in [0.25, 0.3) is 0 Å². The predicted molar refractivity (Wildman–Crippen MR) is 424 cm³/mol. The first-order valence-corrected chi connectivity index (χ1v) is 44.9. The second-order valence-corrected chi connectivity index (χ2v) is 31.5. The Balaban J connectivity index is 2.30. The van der Waals surface area contributed by atoms with Gasteiger partial charge in [-0.3, -0.25) is 0 Å². The Kier molecular flexibility index (Phi) is 76.8. The number of hydrogen-bond acceptors (Lipinski definition) is 0. The van der Waals surface area contributed by atoms with E-state index >= 15 is 0 Å². The van der Waals surface area contributed by atoms with Crippen LogP contribution in [0, 0.1) is 0 Å². The number of rotatable bonds is 82. The molecule has 0 N–H and O–H groups in total. The third-order valence-corrected chi connectivity index (χ3v) is 22.3. The van der Waals surface area contributed by atoms with Gasteiger partial charge in [0, 0.05) is 0 Å². The fraction of sp³-hybridized carbons (Fsp3) is 0.935. The summed E-state index contributed by atoms with van der Waals surface area (Å²) in [4.78, 5) is 0. The highest BCUT2D eigenvalue weighted by Crippen LogP contribution is 2.28. The smallest absolute Gasteiger partial charge is 0.0273 e. The Hall–Kier alpha value is -0.780. The highest BCUT2D eigenvalue weighted by Gasteiger charge is 2.12. The molecule has 0 aliphatic rings. The van der Waals surface area contributed by atoms with Crippen LogP contribution in [0.5, 0.6) is 0 Å². The summed E-state index contributed by atoms with van der Waals surface area (Å²) < 4.78 is 0. The first-order chi connectivity index (χ1) is 45.8. The van der Waals surface area contributed by atoms with Gasteiger partial charge in [-0.25, -0.2) is 0 Å². The van der Waals surface area contributed by atoms with Gasteiger partial charge in [-0.05, 0) is 67.2 Å². The molecule has 0 heterocycles. The van der Waals surface area contributed by atoms with E-state index < -0.39 is 0 Å². The lowest BCUT2D eigenvalue weighted by molar-refractivity contribution is 0.515. The Morgan fingerprint density at radius 3 is 0.391 bits per heavy atom. The van der Waals surface area contributed by atoms with Gasteiger partial charge in [-0.15, -0.1) is 0 Å². The zero-order chi connectivity index (χ0) is 65.7. The Morgan fingerprint density at radius 2 is 0.261 bits per heavy atom. The molecule has 0 saturated heterocycles. The molecule has 0 radical (unpaired) electrons. The lowest BCUT2D eigenvalue weighted by Gasteiger charge is -2.18. The van der Waals surface area contributed by atoms with E-state index in [0.717, 1.165) is 0 Å². The third kappa shape index (κ3) is 67.8. The van der Waals surface area contributed by atoms with Gasteiger partial charge in [0.2, 0.25) is 0 Å². The van der Waals surface area contributed by atoms with E-state index in [2.05, 4.69) is 39.8 Å². The predicted octanol–water partition coefficient (Wildman–Crippen LogP) is 34.4. The average Bonchev–Trinajstić information content (AvgIpc) is 2.13. The number of hydrogen-bond donors (Lipinski definition) is 0. The summed E-state index contributed by atoms with van der Waals surface area (Å²) in [5, 5.41) is 0. The second kappa shape index (κ2) is 79.2. The zero-order valence-corrected chi connectivity index (χ0v) is 65.1. The Labute approximate surface area is 585 Å². The van der Waals surface area contributed by atoms with Crippen molar-refractivity contribution in [3.8, 4) is 0 Å². The van der Waals surface area contributed by atoms with Crippen molar-refractivity contribution < 1.29 is 0 Å². The summed E-state index contributed by atoms with van der Waals surface area (Å²) in [5.41, 5.74) is 6.95. The largest absolute Gasteiger partial charge is 0.0654 e. The number of aryl methyl sites for hydroxylation is 3. The fourth-order valence-corrected chi connectivity index (χ4v) is 15.7. The van der Waals surface area contributed by atoms with E-state index in [9.17, 15) is 0 Å². The van der Waals surface area contributed by atoms with Crippen molar-refractivity contribution >= 4 is 0 Å². The molecular formula is C92H178. The van der Waals surface area contributed by atoms with Crippen LogP contribution in [0.15, 0.2) is 12.1 Å². The Bertz CT molecular complexity index is 1390. The molecule has 0 aliphatic carbocycles. The van der Waals surface area contributed by atoms with Gasteiger partial charge in [-0.2, -0.15) is 0 Å². The first kappa shape index (κ1) is 89.2. The minimum absolute atomic E-state index is 1.19. The SMILES string of the molecule is CCCCCCCCCCCCCCCCCCCCCCCCCCCCc1cc(CC)cc(CCCCCCCCCCCCCCCCCCCCCCCCCCCC)c1CCCCCCCCCCCCCCCCCCCCCCCCCCCC. The van der Waals surface area contributed by atoms with Crippen molar-refractivity contribution in [1.82, 2.24) is 0 Å². The molecule has 0 saturated carbocycles. The van der Waals surface area contributed by atoms with Crippen LogP contribution in [0.2, 0.25) is 0 Å². The molecule has 0 fully saturated rings. The van der Waals surface area contributed by atoms with Gasteiger partial charge in [0.25, 0.3) is 0 Å². The summed E-state index contributed by atoms with van der Waals surface area (Å²) in [5.74, 6) is 0. The van der Waals surface area contributed by atoms with Gasteiger partial charge >= 0.3 is 0 Å². The van der Waals surface area contributed by atoms with E-state index in [1.165, 1.54) is 527 Å². The van der Waals surface area contributed by atoms with Crippen LogP contribution in [-0.4, -0.2) is 0 Å². The van der Waals surface area contributed by atoms with Crippen molar-refractivity contribution in [3.05, 3.63) is 34.4 Å². The molecule has 0 bridgehead atoms. The first-order valence-electron chi connectivity index (χ1n) is 44.9. The van der Waals surface area contributed by atoms with Gasteiger partial charge in [0.15, 0.2) is 0 Å². The molecule has 0 amide bonds. The van der Waals surface area contributed by atoms with Crippen molar-refractivity contribution in [2.75, 3.05) is 0 Å². The summed E-state index contributed by atoms with van der Waals surface area (Å²) in [6.07, 6.45) is 120. The van der Waals surface area contributed by atoms with E-state index in [0.29, 0.717) is 0 Å². The molecule has 0 nitrogen and oxygen atoms in total. The lowest BCUT2D eigenvalue weighted by Crippen LogP contribution is -2.04. The maximum absolute atomic E-state index is 2.68. The molecule has 0 aromatic heterocycles. The molecule has 0 aliphatic heterocycles. The molecule has 0 atom stereocenters. The topological polar surface area (TPSA) is 0 Å². The van der Waals surface area contributed by atoms with Crippen LogP contribution in [0.4, 0.5) is 0 Å². The van der Waals surface area contributed by atoms with Gasteiger partial charge in [-0.1, -0.05) is 521 Å².